The predicted octanol–water partition coefficient (Wildman–Crippen LogP) is 4.41. The van der Waals surface area contributed by atoms with Gasteiger partial charge in [-0.15, -0.1) is 11.3 Å². The first-order valence-corrected chi connectivity index (χ1v) is 9.23. The topological polar surface area (TPSA) is 42.4 Å². The van der Waals surface area contributed by atoms with Gasteiger partial charge in [0.15, 0.2) is 0 Å². The van der Waals surface area contributed by atoms with Crippen LogP contribution in [0.3, 0.4) is 0 Å². The van der Waals surface area contributed by atoms with Crippen LogP contribution in [0, 0.1) is 6.92 Å². The van der Waals surface area contributed by atoms with Crippen LogP contribution >= 0.6 is 11.3 Å². The van der Waals surface area contributed by atoms with Gasteiger partial charge in [0.05, 0.1) is 23.9 Å². The highest BCUT2D eigenvalue weighted by atomic mass is 32.1. The third kappa shape index (κ3) is 3.72. The maximum atomic E-state index is 12.4. The zero-order valence-electron chi connectivity index (χ0n) is 14.8. The number of carbonyl (C=O) groups excluding carboxylic acids is 1. The third-order valence-electron chi connectivity index (χ3n) is 4.40. The van der Waals surface area contributed by atoms with Crippen molar-refractivity contribution < 1.29 is 9.53 Å². The lowest BCUT2D eigenvalue weighted by molar-refractivity contribution is 0.0597. The molecular weight excluding hydrogens is 332 g/mol. The first kappa shape index (κ1) is 17.6. The molecule has 130 valence electrons. The number of nitrogens with zero attached hydrogens (tertiary/aromatic N) is 2. The molecule has 0 aliphatic rings. The molecule has 0 radical (unpaired) electrons. The summed E-state index contributed by atoms with van der Waals surface area (Å²) in [6.45, 7) is 6.44. The first-order valence-electron chi connectivity index (χ1n) is 8.35. The molecule has 4 nitrogen and oxygen atoms in total. The SMILES string of the molecule is CCN(Cc1cccs1)Cc1nc2ccccc2c(C)c1C(=O)OC. The van der Waals surface area contributed by atoms with Gasteiger partial charge in [0, 0.05) is 23.4 Å². The molecule has 0 N–H and O–H groups in total. The Morgan fingerprint density at radius 1 is 1.20 bits per heavy atom. The lowest BCUT2D eigenvalue weighted by atomic mass is 10.0. The van der Waals surface area contributed by atoms with Gasteiger partial charge in [-0.3, -0.25) is 9.88 Å². The number of fused-ring (bicyclic) bond motifs is 1. The largest absolute Gasteiger partial charge is 0.465 e. The van der Waals surface area contributed by atoms with Crippen molar-refractivity contribution in [3.8, 4) is 0 Å². The fourth-order valence-corrected chi connectivity index (χ4v) is 3.79. The predicted molar refractivity (Wildman–Crippen MR) is 102 cm³/mol. The van der Waals surface area contributed by atoms with Gasteiger partial charge in [0.1, 0.15) is 0 Å². The van der Waals surface area contributed by atoms with Crippen molar-refractivity contribution in [2.24, 2.45) is 0 Å². The molecule has 0 aliphatic carbocycles. The van der Waals surface area contributed by atoms with E-state index in [9.17, 15) is 4.79 Å². The molecule has 2 heterocycles. The molecule has 3 rings (SSSR count). The fraction of sp³-hybridized carbons (Fsp3) is 0.300. The zero-order chi connectivity index (χ0) is 17.8. The molecule has 5 heteroatoms. The number of aromatic nitrogens is 1. The Morgan fingerprint density at radius 3 is 2.68 bits per heavy atom. The second kappa shape index (κ2) is 7.76. The summed E-state index contributed by atoms with van der Waals surface area (Å²) in [6, 6.07) is 12.1. The third-order valence-corrected chi connectivity index (χ3v) is 5.26. The summed E-state index contributed by atoms with van der Waals surface area (Å²) in [5.41, 5.74) is 3.21. The second-order valence-electron chi connectivity index (χ2n) is 5.95. The average Bonchev–Trinajstić information content (AvgIpc) is 3.14. The number of aryl methyl sites for hydroxylation is 1. The summed E-state index contributed by atoms with van der Waals surface area (Å²) in [5.74, 6) is -0.321. The van der Waals surface area contributed by atoms with Crippen molar-refractivity contribution >= 4 is 28.2 Å². The molecule has 3 aromatic rings. The van der Waals surface area contributed by atoms with Crippen LogP contribution in [0.25, 0.3) is 10.9 Å². The highest BCUT2D eigenvalue weighted by molar-refractivity contribution is 7.09. The quantitative estimate of drug-likeness (QED) is 0.615. The number of benzene rings is 1. The number of ether oxygens (including phenoxy) is 1. The molecule has 0 fully saturated rings. The summed E-state index contributed by atoms with van der Waals surface area (Å²) < 4.78 is 5.03. The van der Waals surface area contributed by atoms with E-state index in [0.29, 0.717) is 12.1 Å². The van der Waals surface area contributed by atoms with Crippen LogP contribution in [0.4, 0.5) is 0 Å². The molecule has 1 aromatic carbocycles. The van der Waals surface area contributed by atoms with Gasteiger partial charge in [-0.05, 0) is 36.5 Å². The van der Waals surface area contributed by atoms with Gasteiger partial charge in [0.2, 0.25) is 0 Å². The Bertz CT molecular complexity index is 875. The van der Waals surface area contributed by atoms with Crippen LogP contribution in [0.5, 0.6) is 0 Å². The highest BCUT2D eigenvalue weighted by Gasteiger charge is 2.21. The molecule has 2 aromatic heterocycles. The maximum Gasteiger partial charge on any atom is 0.340 e. The molecule has 0 saturated carbocycles. The number of hydrogen-bond acceptors (Lipinski definition) is 5. The van der Waals surface area contributed by atoms with Crippen molar-refractivity contribution in [2.45, 2.75) is 26.9 Å². The van der Waals surface area contributed by atoms with Gasteiger partial charge in [-0.1, -0.05) is 31.2 Å². The number of esters is 1. The maximum absolute atomic E-state index is 12.4. The van der Waals surface area contributed by atoms with Gasteiger partial charge in [0.25, 0.3) is 0 Å². The Balaban J connectivity index is 2.02. The Kier molecular flexibility index (Phi) is 5.46. The zero-order valence-corrected chi connectivity index (χ0v) is 15.6. The molecule has 0 unspecified atom stereocenters. The minimum absolute atomic E-state index is 0.321. The van der Waals surface area contributed by atoms with Crippen LogP contribution in [0.1, 0.15) is 33.4 Å². The van der Waals surface area contributed by atoms with Gasteiger partial charge in [-0.25, -0.2) is 4.79 Å². The van der Waals surface area contributed by atoms with Crippen molar-refractivity contribution in [1.82, 2.24) is 9.88 Å². The summed E-state index contributed by atoms with van der Waals surface area (Å²) >= 11 is 1.74. The normalized spacial score (nSPS) is 11.2. The summed E-state index contributed by atoms with van der Waals surface area (Å²) in [6.07, 6.45) is 0. The van der Waals surface area contributed by atoms with E-state index < -0.39 is 0 Å². The molecule has 0 amide bonds. The number of rotatable bonds is 6. The number of para-hydroxylation sites is 1. The number of thiophene rings is 1. The number of methoxy groups -OCH3 is 1. The molecule has 0 atom stereocenters. The summed E-state index contributed by atoms with van der Waals surface area (Å²) in [5, 5.41) is 3.08. The number of carbonyl (C=O) groups is 1. The fourth-order valence-electron chi connectivity index (χ4n) is 3.04. The standard InChI is InChI=1S/C20H22N2O2S/c1-4-22(12-15-8-7-11-25-15)13-18-19(20(23)24-3)14(2)16-9-5-6-10-17(16)21-18/h5-11H,4,12-13H2,1-3H3. The molecule has 0 saturated heterocycles. The summed E-state index contributed by atoms with van der Waals surface area (Å²) in [7, 11) is 1.42. The minimum atomic E-state index is -0.321. The van der Waals surface area contributed by atoms with E-state index >= 15 is 0 Å². The molecular formula is C20H22N2O2S. The van der Waals surface area contributed by atoms with Crippen LogP contribution in [0.15, 0.2) is 41.8 Å². The molecule has 0 spiro atoms. The summed E-state index contributed by atoms with van der Waals surface area (Å²) in [4.78, 5) is 20.8. The average molecular weight is 354 g/mol. The lowest BCUT2D eigenvalue weighted by Gasteiger charge is -2.21. The van der Waals surface area contributed by atoms with Crippen molar-refractivity contribution in [3.63, 3.8) is 0 Å². The smallest absolute Gasteiger partial charge is 0.340 e. The Hall–Kier alpha value is -2.24. The Labute approximate surface area is 152 Å². The van der Waals surface area contributed by atoms with Gasteiger partial charge < -0.3 is 4.74 Å². The van der Waals surface area contributed by atoms with Crippen LogP contribution in [-0.2, 0) is 17.8 Å². The van der Waals surface area contributed by atoms with Gasteiger partial charge >= 0.3 is 5.97 Å². The Morgan fingerprint density at radius 2 is 2.00 bits per heavy atom. The lowest BCUT2D eigenvalue weighted by Crippen LogP contribution is -2.24. The second-order valence-corrected chi connectivity index (χ2v) is 6.98. The van der Waals surface area contributed by atoms with E-state index in [0.717, 1.165) is 35.2 Å². The van der Waals surface area contributed by atoms with Crippen molar-refractivity contribution in [1.29, 1.82) is 0 Å². The minimum Gasteiger partial charge on any atom is -0.465 e. The van der Waals surface area contributed by atoms with E-state index in [-0.39, 0.29) is 5.97 Å². The van der Waals surface area contributed by atoms with Gasteiger partial charge in [-0.2, -0.15) is 0 Å². The first-order chi connectivity index (χ1) is 12.1. The molecule has 0 bridgehead atoms. The molecule has 0 aliphatic heterocycles. The van der Waals surface area contributed by atoms with E-state index in [1.165, 1.54) is 12.0 Å². The number of hydrogen-bond donors (Lipinski definition) is 0. The van der Waals surface area contributed by atoms with Crippen LogP contribution < -0.4 is 0 Å². The van der Waals surface area contributed by atoms with Crippen LogP contribution in [0.2, 0.25) is 0 Å². The van der Waals surface area contributed by atoms with E-state index in [4.69, 9.17) is 9.72 Å². The van der Waals surface area contributed by atoms with E-state index in [1.807, 2.05) is 31.2 Å². The van der Waals surface area contributed by atoms with Crippen molar-refractivity contribution in [3.05, 3.63) is 63.5 Å². The number of pyridine rings is 1. The van der Waals surface area contributed by atoms with E-state index in [2.05, 4.69) is 29.3 Å². The van der Waals surface area contributed by atoms with Crippen LogP contribution in [-0.4, -0.2) is 29.5 Å². The monoisotopic (exact) mass is 354 g/mol. The molecule has 25 heavy (non-hydrogen) atoms. The highest BCUT2D eigenvalue weighted by Crippen LogP contribution is 2.25. The van der Waals surface area contributed by atoms with E-state index in [1.54, 1.807) is 11.3 Å². The van der Waals surface area contributed by atoms with Crippen molar-refractivity contribution in [2.75, 3.05) is 13.7 Å².